The van der Waals surface area contributed by atoms with Crippen LogP contribution in [0.3, 0.4) is 0 Å². The van der Waals surface area contributed by atoms with Crippen LogP contribution in [0, 0.1) is 0 Å². The van der Waals surface area contributed by atoms with E-state index in [1.165, 1.54) is 5.56 Å². The second-order valence-electron chi connectivity index (χ2n) is 5.83. The molecule has 1 saturated heterocycles. The molecule has 1 fully saturated rings. The van der Waals surface area contributed by atoms with E-state index in [1.54, 1.807) is 7.11 Å². The van der Waals surface area contributed by atoms with Gasteiger partial charge in [-0.05, 0) is 23.3 Å². The molecule has 22 heavy (non-hydrogen) atoms. The number of nitrogens with zero attached hydrogens (tertiary/aromatic N) is 1. The molecule has 3 nitrogen and oxygen atoms in total. The van der Waals surface area contributed by atoms with E-state index in [2.05, 4.69) is 29.2 Å². The van der Waals surface area contributed by atoms with Crippen molar-refractivity contribution in [3.8, 4) is 5.75 Å². The lowest BCUT2D eigenvalue weighted by Crippen LogP contribution is -2.28. The summed E-state index contributed by atoms with van der Waals surface area (Å²) < 4.78 is 5.19. The SMILES string of the molecule is COc1ccc(CN2C[C@@H](N)[C@H](c3ccccc3)C2)c(Cl)c1. The van der Waals surface area contributed by atoms with Crippen molar-refractivity contribution in [2.24, 2.45) is 5.73 Å². The number of halogens is 1. The fraction of sp³-hybridized carbons (Fsp3) is 0.333. The molecule has 2 atom stereocenters. The molecule has 1 aliphatic rings. The Bertz CT molecular complexity index is 632. The summed E-state index contributed by atoms with van der Waals surface area (Å²) in [6, 6.07) is 16.5. The fourth-order valence-electron chi connectivity index (χ4n) is 3.12. The van der Waals surface area contributed by atoms with Crippen molar-refractivity contribution in [3.63, 3.8) is 0 Å². The lowest BCUT2D eigenvalue weighted by Gasteiger charge is -2.17. The Morgan fingerprint density at radius 2 is 1.95 bits per heavy atom. The van der Waals surface area contributed by atoms with Gasteiger partial charge in [0, 0.05) is 36.6 Å². The smallest absolute Gasteiger partial charge is 0.120 e. The van der Waals surface area contributed by atoms with Gasteiger partial charge >= 0.3 is 0 Å². The fourth-order valence-corrected chi connectivity index (χ4v) is 3.35. The van der Waals surface area contributed by atoms with Crippen LogP contribution in [0.5, 0.6) is 5.75 Å². The Labute approximate surface area is 136 Å². The maximum atomic E-state index is 6.34. The van der Waals surface area contributed by atoms with Crippen molar-refractivity contribution in [2.45, 2.75) is 18.5 Å². The van der Waals surface area contributed by atoms with Gasteiger partial charge in [-0.2, -0.15) is 0 Å². The molecule has 2 N–H and O–H groups in total. The van der Waals surface area contributed by atoms with E-state index < -0.39 is 0 Å². The molecule has 116 valence electrons. The lowest BCUT2D eigenvalue weighted by molar-refractivity contribution is 0.323. The van der Waals surface area contributed by atoms with Crippen LogP contribution in [-0.4, -0.2) is 31.1 Å². The molecule has 0 spiro atoms. The van der Waals surface area contributed by atoms with Gasteiger partial charge in [0.25, 0.3) is 0 Å². The summed E-state index contributed by atoms with van der Waals surface area (Å²) in [7, 11) is 1.65. The number of hydrogen-bond acceptors (Lipinski definition) is 3. The van der Waals surface area contributed by atoms with Gasteiger partial charge in [-0.3, -0.25) is 4.90 Å². The molecule has 0 radical (unpaired) electrons. The second-order valence-corrected chi connectivity index (χ2v) is 6.24. The van der Waals surface area contributed by atoms with E-state index in [0.29, 0.717) is 5.92 Å². The third-order valence-corrected chi connectivity index (χ3v) is 4.67. The predicted octanol–water partition coefficient (Wildman–Crippen LogP) is 3.28. The van der Waals surface area contributed by atoms with Gasteiger partial charge in [0.2, 0.25) is 0 Å². The average Bonchev–Trinajstić information content (AvgIpc) is 2.91. The third kappa shape index (κ3) is 3.27. The van der Waals surface area contributed by atoms with Gasteiger partial charge in [-0.15, -0.1) is 0 Å². The minimum absolute atomic E-state index is 0.166. The molecule has 1 aliphatic heterocycles. The zero-order valence-corrected chi connectivity index (χ0v) is 13.5. The molecule has 3 rings (SSSR count). The van der Waals surface area contributed by atoms with Gasteiger partial charge < -0.3 is 10.5 Å². The van der Waals surface area contributed by atoms with Crippen LogP contribution in [0.1, 0.15) is 17.0 Å². The molecule has 4 heteroatoms. The number of methoxy groups -OCH3 is 1. The third-order valence-electron chi connectivity index (χ3n) is 4.32. The topological polar surface area (TPSA) is 38.5 Å². The standard InChI is InChI=1S/C18H21ClN2O/c1-22-15-8-7-14(17(19)9-15)10-21-11-16(18(20)12-21)13-5-3-2-4-6-13/h2-9,16,18H,10-12,20H2,1H3/t16-,18+/m0/s1. The number of benzene rings is 2. The molecule has 2 aromatic carbocycles. The molecule has 0 aliphatic carbocycles. The van der Waals surface area contributed by atoms with Gasteiger partial charge in [0.15, 0.2) is 0 Å². The number of likely N-dealkylation sites (tertiary alicyclic amines) is 1. The van der Waals surface area contributed by atoms with Gasteiger partial charge in [0.1, 0.15) is 5.75 Å². The van der Waals surface area contributed by atoms with Crippen molar-refractivity contribution in [1.29, 1.82) is 0 Å². The van der Waals surface area contributed by atoms with Crippen LogP contribution in [0.2, 0.25) is 5.02 Å². The molecular formula is C18H21ClN2O. The maximum absolute atomic E-state index is 6.34. The summed E-state index contributed by atoms with van der Waals surface area (Å²) in [6.45, 7) is 2.68. The van der Waals surface area contributed by atoms with E-state index >= 15 is 0 Å². The lowest BCUT2D eigenvalue weighted by atomic mass is 9.95. The highest BCUT2D eigenvalue weighted by molar-refractivity contribution is 6.31. The van der Waals surface area contributed by atoms with Crippen molar-refractivity contribution in [1.82, 2.24) is 4.90 Å². The number of hydrogen-bond donors (Lipinski definition) is 1. The summed E-state index contributed by atoms with van der Waals surface area (Å²) in [5, 5.41) is 0.746. The molecule has 0 aromatic heterocycles. The minimum atomic E-state index is 0.166. The van der Waals surface area contributed by atoms with Gasteiger partial charge in [-0.1, -0.05) is 48.0 Å². The number of ether oxygens (including phenoxy) is 1. The largest absolute Gasteiger partial charge is 0.497 e. The maximum Gasteiger partial charge on any atom is 0.120 e. The first-order valence-electron chi connectivity index (χ1n) is 7.52. The van der Waals surface area contributed by atoms with E-state index in [0.717, 1.165) is 36.0 Å². The first-order chi connectivity index (χ1) is 10.7. The monoisotopic (exact) mass is 316 g/mol. The predicted molar refractivity (Wildman–Crippen MR) is 90.4 cm³/mol. The quantitative estimate of drug-likeness (QED) is 0.941. The Balaban J connectivity index is 1.70. The van der Waals surface area contributed by atoms with Crippen molar-refractivity contribution in [2.75, 3.05) is 20.2 Å². The van der Waals surface area contributed by atoms with Gasteiger partial charge in [-0.25, -0.2) is 0 Å². The molecule has 0 saturated carbocycles. The van der Waals surface area contributed by atoms with Crippen LogP contribution in [0.25, 0.3) is 0 Å². The molecule has 2 aromatic rings. The highest BCUT2D eigenvalue weighted by Crippen LogP contribution is 2.29. The first-order valence-corrected chi connectivity index (χ1v) is 7.90. The number of rotatable bonds is 4. The molecule has 1 heterocycles. The minimum Gasteiger partial charge on any atom is -0.497 e. The van der Waals surface area contributed by atoms with Crippen LogP contribution >= 0.6 is 11.6 Å². The Kier molecular flexibility index (Phi) is 4.67. The van der Waals surface area contributed by atoms with E-state index in [1.807, 2.05) is 24.3 Å². The Morgan fingerprint density at radius 1 is 1.18 bits per heavy atom. The number of nitrogens with two attached hydrogens (primary N) is 1. The highest BCUT2D eigenvalue weighted by Gasteiger charge is 2.31. The van der Waals surface area contributed by atoms with E-state index in [-0.39, 0.29) is 6.04 Å². The zero-order valence-electron chi connectivity index (χ0n) is 12.7. The summed E-state index contributed by atoms with van der Waals surface area (Å²) in [5.41, 5.74) is 8.78. The first kappa shape index (κ1) is 15.3. The second kappa shape index (κ2) is 6.69. The van der Waals surface area contributed by atoms with Crippen LogP contribution in [0.15, 0.2) is 48.5 Å². The molecule has 0 bridgehead atoms. The van der Waals surface area contributed by atoms with Crippen LogP contribution in [-0.2, 0) is 6.54 Å². The molecule has 0 unspecified atom stereocenters. The summed E-state index contributed by atoms with van der Waals surface area (Å²) >= 11 is 6.34. The molecule has 0 amide bonds. The van der Waals surface area contributed by atoms with Crippen LogP contribution < -0.4 is 10.5 Å². The van der Waals surface area contributed by atoms with Crippen molar-refractivity contribution < 1.29 is 4.74 Å². The van der Waals surface area contributed by atoms with Crippen molar-refractivity contribution >= 4 is 11.6 Å². The Hall–Kier alpha value is -1.55. The van der Waals surface area contributed by atoms with E-state index in [4.69, 9.17) is 22.1 Å². The highest BCUT2D eigenvalue weighted by atomic mass is 35.5. The van der Waals surface area contributed by atoms with Crippen LogP contribution in [0.4, 0.5) is 0 Å². The van der Waals surface area contributed by atoms with Crippen molar-refractivity contribution in [3.05, 3.63) is 64.7 Å². The van der Waals surface area contributed by atoms with E-state index in [9.17, 15) is 0 Å². The summed E-state index contributed by atoms with van der Waals surface area (Å²) in [4.78, 5) is 2.37. The summed E-state index contributed by atoms with van der Waals surface area (Å²) in [5.74, 6) is 1.17. The Morgan fingerprint density at radius 3 is 2.64 bits per heavy atom. The normalized spacial score (nSPS) is 22.0. The molecular weight excluding hydrogens is 296 g/mol. The average molecular weight is 317 g/mol. The summed E-state index contributed by atoms with van der Waals surface area (Å²) in [6.07, 6.45) is 0. The zero-order chi connectivity index (χ0) is 15.5. The van der Waals surface area contributed by atoms with Gasteiger partial charge in [0.05, 0.1) is 7.11 Å².